The smallest absolute Gasteiger partial charge is 0.308 e. The lowest BCUT2D eigenvalue weighted by Gasteiger charge is -2.43. The van der Waals surface area contributed by atoms with E-state index in [1.165, 1.54) is 0 Å². The molecule has 21 heavy (non-hydrogen) atoms. The molecule has 1 aromatic rings. The normalized spacial score (nSPS) is 27.0. The van der Waals surface area contributed by atoms with Crippen LogP contribution in [-0.2, 0) is 11.3 Å². The summed E-state index contributed by atoms with van der Waals surface area (Å²) in [5.41, 5.74) is 3.10. The molecule has 3 atom stereocenters. The number of hydrogen-bond acceptors (Lipinski definition) is 4. The number of thiazole rings is 1. The molecule has 1 aliphatic carbocycles. The highest BCUT2D eigenvalue weighted by Crippen LogP contribution is 2.41. The van der Waals surface area contributed by atoms with Crippen molar-refractivity contribution >= 4 is 17.3 Å². The van der Waals surface area contributed by atoms with Crippen LogP contribution < -0.4 is 0 Å². The average Bonchev–Trinajstić information content (AvgIpc) is 2.89. The molecular weight excluding hydrogens is 284 g/mol. The number of nitrogens with zero attached hydrogens (tertiary/aromatic N) is 2. The first-order valence-corrected chi connectivity index (χ1v) is 8.53. The second kappa shape index (κ2) is 6.44. The van der Waals surface area contributed by atoms with E-state index in [-0.39, 0.29) is 17.4 Å². The maximum absolute atomic E-state index is 11.6. The van der Waals surface area contributed by atoms with Gasteiger partial charge >= 0.3 is 5.97 Å². The zero-order valence-electron chi connectivity index (χ0n) is 13.4. The van der Waals surface area contributed by atoms with Crippen molar-refractivity contribution in [3.63, 3.8) is 0 Å². The zero-order valence-corrected chi connectivity index (χ0v) is 14.2. The van der Waals surface area contributed by atoms with Crippen LogP contribution in [0.2, 0.25) is 0 Å². The third kappa shape index (κ3) is 4.04. The molecule has 1 aliphatic rings. The summed E-state index contributed by atoms with van der Waals surface area (Å²) in [7, 11) is 2.03. The fraction of sp³-hybridized carbons (Fsp3) is 0.750. The fourth-order valence-corrected chi connectivity index (χ4v) is 3.95. The number of aliphatic carboxylic acids is 1. The quantitative estimate of drug-likeness (QED) is 0.925. The van der Waals surface area contributed by atoms with E-state index in [9.17, 15) is 9.90 Å². The van der Waals surface area contributed by atoms with Crippen LogP contribution in [0, 0.1) is 17.3 Å². The number of aromatic nitrogens is 1. The third-order valence-electron chi connectivity index (χ3n) is 4.82. The van der Waals surface area contributed by atoms with Crippen molar-refractivity contribution in [2.24, 2.45) is 17.3 Å². The van der Waals surface area contributed by atoms with Crippen molar-refractivity contribution in [2.45, 2.75) is 52.6 Å². The van der Waals surface area contributed by atoms with Gasteiger partial charge in [0.05, 0.1) is 17.1 Å². The van der Waals surface area contributed by atoms with E-state index < -0.39 is 5.97 Å². The van der Waals surface area contributed by atoms with E-state index >= 15 is 0 Å². The largest absolute Gasteiger partial charge is 0.481 e. The molecule has 0 radical (unpaired) electrons. The summed E-state index contributed by atoms with van der Waals surface area (Å²) in [6.07, 6.45) is 2.76. The summed E-state index contributed by atoms with van der Waals surface area (Å²) < 4.78 is 0. The van der Waals surface area contributed by atoms with Crippen molar-refractivity contribution in [2.75, 3.05) is 7.05 Å². The van der Waals surface area contributed by atoms with Gasteiger partial charge in [0.25, 0.3) is 0 Å². The van der Waals surface area contributed by atoms with Gasteiger partial charge in [-0.25, -0.2) is 4.98 Å². The highest BCUT2D eigenvalue weighted by Gasteiger charge is 2.40. The highest BCUT2D eigenvalue weighted by atomic mass is 32.1. The van der Waals surface area contributed by atoms with Gasteiger partial charge < -0.3 is 5.11 Å². The van der Waals surface area contributed by atoms with E-state index in [1.807, 2.05) is 17.9 Å². The van der Waals surface area contributed by atoms with E-state index in [1.54, 1.807) is 11.3 Å². The summed E-state index contributed by atoms with van der Waals surface area (Å²) in [5, 5.41) is 11.6. The van der Waals surface area contributed by atoms with E-state index in [4.69, 9.17) is 0 Å². The Bertz CT molecular complexity index is 467. The number of hydrogen-bond donors (Lipinski definition) is 1. The molecule has 118 valence electrons. The van der Waals surface area contributed by atoms with E-state index in [0.717, 1.165) is 31.5 Å². The van der Waals surface area contributed by atoms with Gasteiger partial charge in [-0.3, -0.25) is 9.69 Å². The first kappa shape index (κ1) is 16.4. The lowest BCUT2D eigenvalue weighted by atomic mass is 9.67. The molecular formula is C16H26N2O2S. The molecule has 0 saturated heterocycles. The monoisotopic (exact) mass is 310 g/mol. The zero-order chi connectivity index (χ0) is 15.6. The topological polar surface area (TPSA) is 53.4 Å². The van der Waals surface area contributed by atoms with Crippen molar-refractivity contribution in [3.8, 4) is 0 Å². The molecule has 1 N–H and O–H groups in total. The number of carboxylic acid groups (broad SMARTS) is 1. The number of carboxylic acids is 1. The first-order valence-electron chi connectivity index (χ1n) is 7.59. The molecule has 1 heterocycles. The second-order valence-corrected chi connectivity index (χ2v) is 8.00. The molecule has 1 saturated carbocycles. The van der Waals surface area contributed by atoms with Crippen molar-refractivity contribution in [3.05, 3.63) is 16.6 Å². The maximum atomic E-state index is 11.6. The molecule has 0 bridgehead atoms. The lowest BCUT2D eigenvalue weighted by molar-refractivity contribution is -0.146. The van der Waals surface area contributed by atoms with E-state index in [0.29, 0.717) is 5.92 Å². The Morgan fingerprint density at radius 2 is 2.19 bits per heavy atom. The van der Waals surface area contributed by atoms with Gasteiger partial charge in [-0.1, -0.05) is 20.8 Å². The van der Waals surface area contributed by atoms with Gasteiger partial charge in [0.2, 0.25) is 0 Å². The fourth-order valence-electron chi connectivity index (χ4n) is 3.40. The summed E-state index contributed by atoms with van der Waals surface area (Å²) in [6, 6.07) is 0.0992. The molecule has 3 unspecified atom stereocenters. The van der Waals surface area contributed by atoms with Crippen molar-refractivity contribution < 1.29 is 9.90 Å². The van der Waals surface area contributed by atoms with Crippen LogP contribution in [0.15, 0.2) is 10.9 Å². The minimum absolute atomic E-state index is 0.0992. The van der Waals surface area contributed by atoms with Crippen LogP contribution in [0.1, 0.15) is 45.7 Å². The number of carbonyl (C=O) groups is 1. The van der Waals surface area contributed by atoms with Crippen LogP contribution in [-0.4, -0.2) is 34.0 Å². The molecule has 2 rings (SSSR count). The molecule has 1 fully saturated rings. The van der Waals surface area contributed by atoms with Gasteiger partial charge in [-0.05, 0) is 37.6 Å². The Balaban J connectivity index is 2.11. The minimum Gasteiger partial charge on any atom is -0.481 e. The Kier molecular flexibility index (Phi) is 5.04. The molecule has 4 nitrogen and oxygen atoms in total. The van der Waals surface area contributed by atoms with Crippen LogP contribution >= 0.6 is 11.3 Å². The number of rotatable bonds is 4. The predicted molar refractivity (Wildman–Crippen MR) is 85.3 cm³/mol. The van der Waals surface area contributed by atoms with E-state index in [2.05, 4.69) is 30.7 Å². The van der Waals surface area contributed by atoms with Gasteiger partial charge in [-0.15, -0.1) is 11.3 Å². The Morgan fingerprint density at radius 3 is 2.71 bits per heavy atom. The lowest BCUT2D eigenvalue weighted by Crippen LogP contribution is -2.47. The molecule has 5 heteroatoms. The van der Waals surface area contributed by atoms with Crippen LogP contribution in [0.5, 0.6) is 0 Å². The standard InChI is InChI=1S/C16H26N2O2S/c1-16(2,3)11-5-6-13(15(19)20)14(7-11)18(4)8-12-9-21-10-17-12/h9-11,13-14H,5-8H2,1-4H3,(H,19,20). The van der Waals surface area contributed by atoms with Crippen LogP contribution in [0.4, 0.5) is 0 Å². The Hall–Kier alpha value is -0.940. The highest BCUT2D eigenvalue weighted by molar-refractivity contribution is 7.07. The summed E-state index contributed by atoms with van der Waals surface area (Å²) in [6.45, 7) is 7.51. The minimum atomic E-state index is -0.655. The first-order chi connectivity index (χ1) is 9.79. The molecule has 0 amide bonds. The molecule has 1 aromatic heterocycles. The summed E-state index contributed by atoms with van der Waals surface area (Å²) >= 11 is 1.59. The third-order valence-corrected chi connectivity index (χ3v) is 5.45. The van der Waals surface area contributed by atoms with Crippen LogP contribution in [0.25, 0.3) is 0 Å². The summed E-state index contributed by atoms with van der Waals surface area (Å²) in [5.74, 6) is -0.333. The maximum Gasteiger partial charge on any atom is 0.308 e. The van der Waals surface area contributed by atoms with Crippen molar-refractivity contribution in [1.29, 1.82) is 0 Å². The Labute approximate surface area is 131 Å². The SMILES string of the molecule is CN(Cc1cscn1)C1CC(C(C)(C)C)CCC1C(=O)O. The van der Waals surface area contributed by atoms with Gasteiger partial charge in [-0.2, -0.15) is 0 Å². The predicted octanol–water partition coefficient (Wildman–Crippen LogP) is 3.49. The van der Waals surface area contributed by atoms with Gasteiger partial charge in [0.1, 0.15) is 0 Å². The van der Waals surface area contributed by atoms with Gasteiger partial charge in [0, 0.05) is 18.0 Å². The second-order valence-electron chi connectivity index (χ2n) is 7.28. The average molecular weight is 310 g/mol. The van der Waals surface area contributed by atoms with Crippen molar-refractivity contribution in [1.82, 2.24) is 9.88 Å². The van der Waals surface area contributed by atoms with Crippen LogP contribution in [0.3, 0.4) is 0 Å². The molecule has 0 spiro atoms. The summed E-state index contributed by atoms with van der Waals surface area (Å²) in [4.78, 5) is 18.1. The Morgan fingerprint density at radius 1 is 1.48 bits per heavy atom. The molecule has 0 aromatic carbocycles. The van der Waals surface area contributed by atoms with Gasteiger partial charge in [0.15, 0.2) is 0 Å². The molecule has 0 aliphatic heterocycles.